The third-order valence-electron chi connectivity index (χ3n) is 3.54. The molecule has 0 spiro atoms. The van der Waals surface area contributed by atoms with E-state index in [-0.39, 0.29) is 36.9 Å². The van der Waals surface area contributed by atoms with Gasteiger partial charge in [0.15, 0.2) is 5.78 Å². The molecule has 0 atom stereocenters. The molecule has 1 aliphatic rings. The summed E-state index contributed by atoms with van der Waals surface area (Å²) < 4.78 is 50.5. The molecule has 0 aromatic heterocycles. The summed E-state index contributed by atoms with van der Waals surface area (Å²) in [4.78, 5) is 11.4. The Labute approximate surface area is 130 Å². The Kier molecular flexibility index (Phi) is 4.71. The highest BCUT2D eigenvalue weighted by molar-refractivity contribution is 7.89. The lowest BCUT2D eigenvalue weighted by Crippen LogP contribution is -2.50. The van der Waals surface area contributed by atoms with E-state index in [0.717, 1.165) is 6.26 Å². The first-order valence-electron chi connectivity index (χ1n) is 6.68. The predicted molar refractivity (Wildman–Crippen MR) is 81.6 cm³/mol. The fraction of sp³-hybridized carbons (Fsp3) is 0.462. The van der Waals surface area contributed by atoms with E-state index < -0.39 is 20.0 Å². The van der Waals surface area contributed by atoms with Gasteiger partial charge in [0.2, 0.25) is 20.0 Å². The molecule has 1 heterocycles. The Morgan fingerprint density at radius 1 is 1.00 bits per heavy atom. The average molecular weight is 346 g/mol. The molecule has 1 aromatic carbocycles. The Balaban J connectivity index is 2.22. The van der Waals surface area contributed by atoms with E-state index in [1.54, 1.807) is 6.07 Å². The van der Waals surface area contributed by atoms with E-state index in [4.69, 9.17) is 0 Å². The molecule has 0 unspecified atom stereocenters. The second-order valence-corrected chi connectivity index (χ2v) is 9.07. The topological polar surface area (TPSA) is 91.8 Å². The highest BCUT2D eigenvalue weighted by atomic mass is 32.2. The van der Waals surface area contributed by atoms with Gasteiger partial charge in [-0.1, -0.05) is 12.1 Å². The molecule has 0 aliphatic carbocycles. The molecule has 9 heteroatoms. The van der Waals surface area contributed by atoms with Crippen LogP contribution in [0.2, 0.25) is 0 Å². The lowest BCUT2D eigenvalue weighted by molar-refractivity contribution is 0.101. The molecule has 0 radical (unpaired) electrons. The van der Waals surface area contributed by atoms with Crippen molar-refractivity contribution in [3.8, 4) is 0 Å². The second-order valence-electron chi connectivity index (χ2n) is 5.15. The standard InChI is InChI=1S/C13H18N2O5S2/c1-11(16)12-4-3-5-13(10-12)22(19,20)15-8-6-14(7-9-15)21(2,17)18/h3-5,10H,6-9H2,1-2H3. The zero-order valence-electron chi connectivity index (χ0n) is 12.4. The molecule has 0 N–H and O–H groups in total. The van der Waals surface area contributed by atoms with Gasteiger partial charge in [0, 0.05) is 31.7 Å². The largest absolute Gasteiger partial charge is 0.295 e. The fourth-order valence-electron chi connectivity index (χ4n) is 2.27. The summed E-state index contributed by atoms with van der Waals surface area (Å²) in [6, 6.07) is 5.87. The number of hydrogen-bond donors (Lipinski definition) is 0. The summed E-state index contributed by atoms with van der Waals surface area (Å²) in [6.07, 6.45) is 1.10. The first-order chi connectivity index (χ1) is 10.1. The summed E-state index contributed by atoms with van der Waals surface area (Å²) in [7, 11) is -7.04. The van der Waals surface area contributed by atoms with Crippen LogP contribution < -0.4 is 0 Å². The zero-order valence-corrected chi connectivity index (χ0v) is 14.0. The lowest BCUT2D eigenvalue weighted by atomic mass is 10.2. The SMILES string of the molecule is CC(=O)c1cccc(S(=O)(=O)N2CCN(S(C)(=O)=O)CC2)c1. The van der Waals surface area contributed by atoms with Crippen molar-refractivity contribution in [3.05, 3.63) is 29.8 Å². The van der Waals surface area contributed by atoms with Gasteiger partial charge in [-0.2, -0.15) is 8.61 Å². The van der Waals surface area contributed by atoms with Gasteiger partial charge in [-0.15, -0.1) is 0 Å². The highest BCUT2D eigenvalue weighted by Gasteiger charge is 2.31. The predicted octanol–water partition coefficient (Wildman–Crippen LogP) is 0.155. The van der Waals surface area contributed by atoms with E-state index in [9.17, 15) is 21.6 Å². The van der Waals surface area contributed by atoms with E-state index in [1.165, 1.54) is 33.7 Å². The van der Waals surface area contributed by atoms with Crippen molar-refractivity contribution in [2.45, 2.75) is 11.8 Å². The molecule has 22 heavy (non-hydrogen) atoms. The summed E-state index contributed by atoms with van der Waals surface area (Å²) in [6.45, 7) is 1.82. The van der Waals surface area contributed by atoms with Gasteiger partial charge in [-0.3, -0.25) is 4.79 Å². The van der Waals surface area contributed by atoms with Crippen LogP contribution in [0.25, 0.3) is 0 Å². The third kappa shape index (κ3) is 3.54. The van der Waals surface area contributed by atoms with Gasteiger partial charge in [-0.05, 0) is 19.1 Å². The Morgan fingerprint density at radius 3 is 2.05 bits per heavy atom. The van der Waals surface area contributed by atoms with Gasteiger partial charge in [0.25, 0.3) is 0 Å². The number of carbonyl (C=O) groups is 1. The van der Waals surface area contributed by atoms with Crippen molar-refractivity contribution in [1.29, 1.82) is 0 Å². The lowest BCUT2D eigenvalue weighted by Gasteiger charge is -2.32. The molecule has 7 nitrogen and oxygen atoms in total. The Hall–Kier alpha value is -1.29. The van der Waals surface area contributed by atoms with Crippen LogP contribution in [0.4, 0.5) is 0 Å². The fourth-order valence-corrected chi connectivity index (χ4v) is 4.56. The number of carbonyl (C=O) groups excluding carboxylic acids is 1. The number of benzene rings is 1. The number of sulfonamides is 2. The van der Waals surface area contributed by atoms with Crippen molar-refractivity contribution in [2.75, 3.05) is 32.4 Å². The van der Waals surface area contributed by atoms with Crippen molar-refractivity contribution >= 4 is 25.8 Å². The average Bonchev–Trinajstić information content (AvgIpc) is 2.46. The van der Waals surface area contributed by atoms with Gasteiger partial charge in [0.1, 0.15) is 0 Å². The maximum absolute atomic E-state index is 12.6. The van der Waals surface area contributed by atoms with Gasteiger partial charge >= 0.3 is 0 Å². The van der Waals surface area contributed by atoms with Gasteiger partial charge in [-0.25, -0.2) is 16.8 Å². The van der Waals surface area contributed by atoms with Crippen molar-refractivity contribution < 1.29 is 21.6 Å². The number of piperazine rings is 1. The number of nitrogens with zero attached hydrogens (tertiary/aromatic N) is 2. The number of Topliss-reactive ketones (excluding diaryl/α,β-unsaturated/α-hetero) is 1. The van der Waals surface area contributed by atoms with E-state index >= 15 is 0 Å². The van der Waals surface area contributed by atoms with Crippen LogP contribution in [-0.2, 0) is 20.0 Å². The first-order valence-corrected chi connectivity index (χ1v) is 9.97. The molecule has 0 amide bonds. The van der Waals surface area contributed by atoms with Crippen LogP contribution in [0, 0.1) is 0 Å². The minimum atomic E-state index is -3.73. The molecule has 1 aromatic rings. The van der Waals surface area contributed by atoms with E-state index in [1.807, 2.05) is 0 Å². The summed E-state index contributed by atoms with van der Waals surface area (Å²) in [5.41, 5.74) is 0.329. The number of ketones is 1. The van der Waals surface area contributed by atoms with Crippen LogP contribution in [-0.4, -0.2) is 63.7 Å². The van der Waals surface area contributed by atoms with Crippen LogP contribution in [0.15, 0.2) is 29.2 Å². The molecule has 0 bridgehead atoms. The molecule has 122 valence electrons. The summed E-state index contributed by atoms with van der Waals surface area (Å²) in [5.74, 6) is -0.209. The highest BCUT2D eigenvalue weighted by Crippen LogP contribution is 2.19. The normalized spacial score (nSPS) is 18.3. The smallest absolute Gasteiger partial charge is 0.243 e. The van der Waals surface area contributed by atoms with Crippen molar-refractivity contribution in [2.24, 2.45) is 0 Å². The molecule has 2 rings (SSSR count). The van der Waals surface area contributed by atoms with Crippen molar-refractivity contribution in [1.82, 2.24) is 8.61 Å². The molecular formula is C13H18N2O5S2. The van der Waals surface area contributed by atoms with Crippen LogP contribution in [0.5, 0.6) is 0 Å². The quantitative estimate of drug-likeness (QED) is 0.724. The number of hydrogen-bond acceptors (Lipinski definition) is 5. The monoisotopic (exact) mass is 346 g/mol. The van der Waals surface area contributed by atoms with E-state index in [0.29, 0.717) is 5.56 Å². The third-order valence-corrected chi connectivity index (χ3v) is 6.74. The molecule has 1 fully saturated rings. The van der Waals surface area contributed by atoms with Gasteiger partial charge < -0.3 is 0 Å². The minimum Gasteiger partial charge on any atom is -0.295 e. The molecule has 0 saturated carbocycles. The first kappa shape index (κ1) is 17.1. The van der Waals surface area contributed by atoms with E-state index in [2.05, 4.69) is 0 Å². The maximum atomic E-state index is 12.6. The maximum Gasteiger partial charge on any atom is 0.243 e. The number of rotatable bonds is 4. The summed E-state index contributed by atoms with van der Waals surface area (Å²) in [5, 5.41) is 0. The van der Waals surface area contributed by atoms with Crippen LogP contribution >= 0.6 is 0 Å². The van der Waals surface area contributed by atoms with Crippen LogP contribution in [0.1, 0.15) is 17.3 Å². The summed E-state index contributed by atoms with van der Waals surface area (Å²) >= 11 is 0. The van der Waals surface area contributed by atoms with Crippen molar-refractivity contribution in [3.63, 3.8) is 0 Å². The molecule has 1 saturated heterocycles. The Bertz CT molecular complexity index is 778. The van der Waals surface area contributed by atoms with Crippen LogP contribution in [0.3, 0.4) is 0 Å². The Morgan fingerprint density at radius 2 is 1.55 bits per heavy atom. The molecular weight excluding hydrogens is 328 g/mol. The van der Waals surface area contributed by atoms with Gasteiger partial charge in [0.05, 0.1) is 11.2 Å². The molecule has 1 aliphatic heterocycles. The second kappa shape index (κ2) is 6.07. The zero-order chi connectivity index (χ0) is 16.5. The minimum absolute atomic E-state index is 0.0491.